The third-order valence-corrected chi connectivity index (χ3v) is 2.47. The van der Waals surface area contributed by atoms with Crippen molar-refractivity contribution in [2.75, 3.05) is 7.05 Å². The number of aromatic amines is 1. The molecule has 2 aromatic heterocycles. The molecular weight excluding hydrogens is 176 g/mol. The zero-order chi connectivity index (χ0) is 10.2. The number of hydrogen-bond acceptors (Lipinski definition) is 3. The van der Waals surface area contributed by atoms with Gasteiger partial charge in [-0.3, -0.25) is 0 Å². The van der Waals surface area contributed by atoms with Crippen molar-refractivity contribution >= 4 is 11.2 Å². The molecule has 2 N–H and O–H groups in total. The Morgan fingerprint density at radius 1 is 1.43 bits per heavy atom. The minimum absolute atomic E-state index is 0.152. The van der Waals surface area contributed by atoms with Crippen molar-refractivity contribution in [3.8, 4) is 0 Å². The van der Waals surface area contributed by atoms with Crippen LogP contribution in [0.3, 0.4) is 0 Å². The van der Waals surface area contributed by atoms with Crippen LogP contribution < -0.4 is 5.32 Å². The zero-order valence-electron chi connectivity index (χ0n) is 8.63. The summed E-state index contributed by atoms with van der Waals surface area (Å²) in [6.45, 7) is 4.15. The lowest BCUT2D eigenvalue weighted by Gasteiger charge is -2.20. The van der Waals surface area contributed by atoms with Crippen molar-refractivity contribution in [1.29, 1.82) is 0 Å². The van der Waals surface area contributed by atoms with E-state index < -0.39 is 0 Å². The summed E-state index contributed by atoms with van der Waals surface area (Å²) >= 11 is 0. The van der Waals surface area contributed by atoms with Crippen molar-refractivity contribution in [2.24, 2.45) is 0 Å². The smallest absolute Gasteiger partial charge is 0.177 e. The SMILES string of the molecule is CNC(C)(C)c1nc2ncccc2[nH]1. The van der Waals surface area contributed by atoms with Crippen molar-refractivity contribution in [3.05, 3.63) is 24.2 Å². The average molecular weight is 190 g/mol. The van der Waals surface area contributed by atoms with Crippen molar-refractivity contribution in [1.82, 2.24) is 20.3 Å². The highest BCUT2D eigenvalue weighted by atomic mass is 15.1. The number of rotatable bonds is 2. The van der Waals surface area contributed by atoms with E-state index in [0.717, 1.165) is 17.0 Å². The lowest BCUT2D eigenvalue weighted by molar-refractivity contribution is 0.421. The molecule has 0 aliphatic carbocycles. The standard InChI is InChI=1S/C10H14N4/c1-10(2,11-3)9-13-7-5-4-6-12-8(7)14-9/h4-6,11H,1-3H3,(H,12,13,14). The van der Waals surface area contributed by atoms with E-state index in [4.69, 9.17) is 0 Å². The molecule has 0 saturated carbocycles. The number of hydrogen-bond donors (Lipinski definition) is 2. The van der Waals surface area contributed by atoms with Crippen LogP contribution in [0.1, 0.15) is 19.7 Å². The molecule has 0 radical (unpaired) electrons. The normalized spacial score (nSPS) is 12.2. The topological polar surface area (TPSA) is 53.6 Å². The fourth-order valence-corrected chi connectivity index (χ4v) is 1.26. The number of imidazole rings is 1. The van der Waals surface area contributed by atoms with E-state index in [2.05, 4.69) is 34.1 Å². The van der Waals surface area contributed by atoms with Crippen LogP contribution in [0.15, 0.2) is 18.3 Å². The van der Waals surface area contributed by atoms with Gasteiger partial charge in [0.15, 0.2) is 5.65 Å². The number of H-pyrrole nitrogens is 1. The third kappa shape index (κ3) is 1.37. The van der Waals surface area contributed by atoms with E-state index in [1.54, 1.807) is 6.20 Å². The largest absolute Gasteiger partial charge is 0.339 e. The number of nitrogens with zero attached hydrogens (tertiary/aromatic N) is 2. The van der Waals surface area contributed by atoms with Crippen LogP contribution in [-0.2, 0) is 5.54 Å². The predicted octanol–water partition coefficient (Wildman–Crippen LogP) is 1.41. The molecule has 2 aromatic rings. The van der Waals surface area contributed by atoms with Gasteiger partial charge >= 0.3 is 0 Å². The summed E-state index contributed by atoms with van der Waals surface area (Å²) in [6.07, 6.45) is 1.75. The molecule has 0 fully saturated rings. The maximum absolute atomic E-state index is 4.43. The van der Waals surface area contributed by atoms with E-state index in [1.807, 2.05) is 19.2 Å². The van der Waals surface area contributed by atoms with Gasteiger partial charge in [0.25, 0.3) is 0 Å². The Labute approximate surface area is 82.8 Å². The fourth-order valence-electron chi connectivity index (χ4n) is 1.26. The van der Waals surface area contributed by atoms with Crippen LogP contribution in [0.25, 0.3) is 11.2 Å². The summed E-state index contributed by atoms with van der Waals surface area (Å²) in [5.41, 5.74) is 1.59. The second kappa shape index (κ2) is 3.06. The van der Waals surface area contributed by atoms with E-state index in [-0.39, 0.29) is 5.54 Å². The van der Waals surface area contributed by atoms with Gasteiger partial charge in [0.1, 0.15) is 5.82 Å². The lowest BCUT2D eigenvalue weighted by Crippen LogP contribution is -2.34. The van der Waals surface area contributed by atoms with Gasteiger partial charge in [0, 0.05) is 6.20 Å². The summed E-state index contributed by atoms with van der Waals surface area (Å²) in [6, 6.07) is 3.88. The average Bonchev–Trinajstić information content (AvgIpc) is 2.61. The third-order valence-electron chi connectivity index (χ3n) is 2.47. The highest BCUT2D eigenvalue weighted by molar-refractivity contribution is 5.70. The molecule has 0 amide bonds. The van der Waals surface area contributed by atoms with Crippen LogP contribution in [0.4, 0.5) is 0 Å². The van der Waals surface area contributed by atoms with Crippen molar-refractivity contribution in [2.45, 2.75) is 19.4 Å². The summed E-state index contributed by atoms with van der Waals surface area (Å²) < 4.78 is 0. The monoisotopic (exact) mass is 190 g/mol. The molecule has 0 atom stereocenters. The van der Waals surface area contributed by atoms with Crippen LogP contribution in [0.5, 0.6) is 0 Å². The molecule has 0 spiro atoms. The maximum atomic E-state index is 4.43. The van der Waals surface area contributed by atoms with Gasteiger partial charge < -0.3 is 10.3 Å². The Hall–Kier alpha value is -1.42. The van der Waals surface area contributed by atoms with Crippen LogP contribution in [0.2, 0.25) is 0 Å². The van der Waals surface area contributed by atoms with E-state index in [1.165, 1.54) is 0 Å². The molecule has 4 nitrogen and oxygen atoms in total. The van der Waals surface area contributed by atoms with Gasteiger partial charge in [-0.1, -0.05) is 0 Å². The summed E-state index contributed by atoms with van der Waals surface area (Å²) in [5.74, 6) is 0.911. The molecule has 14 heavy (non-hydrogen) atoms. The molecule has 74 valence electrons. The molecule has 0 aliphatic rings. The molecule has 0 saturated heterocycles. The maximum Gasteiger partial charge on any atom is 0.177 e. The molecule has 0 aliphatic heterocycles. The second-order valence-corrected chi connectivity index (χ2v) is 3.83. The van der Waals surface area contributed by atoms with Gasteiger partial charge in [0.2, 0.25) is 0 Å². The summed E-state index contributed by atoms with van der Waals surface area (Å²) in [7, 11) is 1.92. The van der Waals surface area contributed by atoms with Gasteiger partial charge in [-0.05, 0) is 33.0 Å². The highest BCUT2D eigenvalue weighted by Gasteiger charge is 2.21. The Balaban J connectivity index is 2.55. The lowest BCUT2D eigenvalue weighted by atomic mass is 10.1. The Kier molecular flexibility index (Phi) is 2.00. The molecule has 0 unspecified atom stereocenters. The first kappa shape index (κ1) is 9.15. The second-order valence-electron chi connectivity index (χ2n) is 3.83. The number of nitrogens with one attached hydrogen (secondary N) is 2. The molecule has 0 bridgehead atoms. The predicted molar refractivity (Wildman–Crippen MR) is 56.0 cm³/mol. The molecular formula is C10H14N4. The van der Waals surface area contributed by atoms with Crippen LogP contribution in [0, 0.1) is 0 Å². The summed E-state index contributed by atoms with van der Waals surface area (Å²) in [5, 5.41) is 3.20. The molecule has 2 heterocycles. The van der Waals surface area contributed by atoms with Crippen molar-refractivity contribution in [3.63, 3.8) is 0 Å². The quantitative estimate of drug-likeness (QED) is 0.752. The minimum Gasteiger partial charge on any atom is -0.339 e. The Morgan fingerprint density at radius 3 is 2.86 bits per heavy atom. The molecule has 4 heteroatoms. The number of pyridine rings is 1. The van der Waals surface area contributed by atoms with E-state index in [0.29, 0.717) is 0 Å². The zero-order valence-corrected chi connectivity index (χ0v) is 8.63. The number of aromatic nitrogens is 3. The molecule has 2 rings (SSSR count). The van der Waals surface area contributed by atoms with Gasteiger partial charge in [-0.2, -0.15) is 0 Å². The summed E-state index contributed by atoms with van der Waals surface area (Å²) in [4.78, 5) is 11.9. The van der Waals surface area contributed by atoms with E-state index >= 15 is 0 Å². The van der Waals surface area contributed by atoms with Gasteiger partial charge in [-0.25, -0.2) is 9.97 Å². The minimum atomic E-state index is -0.152. The highest BCUT2D eigenvalue weighted by Crippen LogP contribution is 2.18. The van der Waals surface area contributed by atoms with Gasteiger partial charge in [-0.15, -0.1) is 0 Å². The Bertz CT molecular complexity index is 411. The first-order valence-electron chi connectivity index (χ1n) is 4.63. The number of fused-ring (bicyclic) bond motifs is 1. The first-order chi connectivity index (χ1) is 6.63. The van der Waals surface area contributed by atoms with Crippen LogP contribution in [-0.4, -0.2) is 22.0 Å². The van der Waals surface area contributed by atoms with Crippen molar-refractivity contribution < 1.29 is 0 Å². The van der Waals surface area contributed by atoms with E-state index in [9.17, 15) is 0 Å². The fraction of sp³-hybridized carbons (Fsp3) is 0.400. The molecule has 0 aromatic carbocycles. The van der Waals surface area contributed by atoms with Crippen LogP contribution >= 0.6 is 0 Å². The first-order valence-corrected chi connectivity index (χ1v) is 4.63. The Morgan fingerprint density at radius 2 is 2.21 bits per heavy atom. The van der Waals surface area contributed by atoms with Gasteiger partial charge in [0.05, 0.1) is 11.1 Å².